The van der Waals surface area contributed by atoms with Crippen molar-refractivity contribution >= 4 is 35.9 Å². The van der Waals surface area contributed by atoms with E-state index in [1.807, 2.05) is 4.90 Å². The molecule has 7 heteroatoms. The molecular formula is C16H26N4O2Sn. The Morgan fingerprint density at radius 2 is 1.96 bits per heavy atom. The Kier molecular flexibility index (Phi) is 5.10. The minimum atomic E-state index is -2.46. The van der Waals surface area contributed by atoms with Gasteiger partial charge in [0.25, 0.3) is 0 Å². The summed E-state index contributed by atoms with van der Waals surface area (Å²) < 4.78 is 5.36. The predicted octanol–water partition coefficient (Wildman–Crippen LogP) is 2.30. The van der Waals surface area contributed by atoms with Gasteiger partial charge in [0.05, 0.1) is 0 Å². The Labute approximate surface area is 141 Å². The quantitative estimate of drug-likeness (QED) is 0.751. The fraction of sp³-hybridized carbons (Fsp3) is 0.688. The van der Waals surface area contributed by atoms with Crippen molar-refractivity contribution in [1.29, 1.82) is 0 Å². The second kappa shape index (κ2) is 6.92. The van der Waals surface area contributed by atoms with Gasteiger partial charge < -0.3 is 0 Å². The molecule has 3 heterocycles. The van der Waals surface area contributed by atoms with Crippen molar-refractivity contribution in [2.24, 2.45) is 5.92 Å². The van der Waals surface area contributed by atoms with Crippen LogP contribution in [0.1, 0.15) is 19.3 Å². The number of nitrogens with one attached hydrogen (secondary N) is 1. The number of amides is 1. The zero-order valence-corrected chi connectivity index (χ0v) is 17.1. The predicted molar refractivity (Wildman–Crippen MR) is 93.3 cm³/mol. The Balaban J connectivity index is 1.79. The summed E-state index contributed by atoms with van der Waals surface area (Å²) in [4.78, 5) is 30.6. The first kappa shape index (κ1) is 16.9. The molecule has 126 valence electrons. The number of carbonyl (C=O) groups is 1. The maximum absolute atomic E-state index is 13.0. The molecule has 6 nitrogen and oxygen atoms in total. The molecule has 23 heavy (non-hydrogen) atoms. The summed E-state index contributed by atoms with van der Waals surface area (Å²) in [5.41, 5.74) is 0. The van der Waals surface area contributed by atoms with E-state index < -0.39 is 18.4 Å². The number of hydrogen-bond donors (Lipinski definition) is 1. The van der Waals surface area contributed by atoms with Gasteiger partial charge in [-0.3, -0.25) is 0 Å². The van der Waals surface area contributed by atoms with Crippen molar-refractivity contribution in [3.8, 4) is 0 Å². The molecule has 0 aliphatic carbocycles. The monoisotopic (exact) mass is 426 g/mol. The molecule has 0 radical (unpaired) electrons. The van der Waals surface area contributed by atoms with Gasteiger partial charge in [-0.15, -0.1) is 0 Å². The Morgan fingerprint density at radius 1 is 1.26 bits per heavy atom. The second-order valence-corrected chi connectivity index (χ2v) is 22.7. The molecule has 1 saturated heterocycles. The first-order chi connectivity index (χ1) is 11.0. The average Bonchev–Trinajstić information content (AvgIpc) is 2.53. The molecule has 1 unspecified atom stereocenters. The van der Waals surface area contributed by atoms with E-state index in [2.05, 4.69) is 30.1 Å². The topological polar surface area (TPSA) is 67.3 Å². The molecule has 1 amide bonds. The maximum atomic E-state index is 13.0. The van der Waals surface area contributed by atoms with E-state index in [1.54, 1.807) is 12.4 Å². The van der Waals surface area contributed by atoms with Crippen LogP contribution in [0.2, 0.25) is 14.8 Å². The number of fused-ring (bicyclic) bond motifs is 1. The van der Waals surface area contributed by atoms with Crippen LogP contribution in [0, 0.1) is 5.92 Å². The van der Waals surface area contributed by atoms with E-state index in [-0.39, 0.29) is 9.96 Å². The van der Waals surface area contributed by atoms with E-state index in [9.17, 15) is 4.79 Å². The van der Waals surface area contributed by atoms with Crippen LogP contribution in [-0.4, -0.2) is 58.1 Å². The summed E-state index contributed by atoms with van der Waals surface area (Å²) in [6.45, 7) is 2.42. The molecule has 1 aromatic heterocycles. The summed E-state index contributed by atoms with van der Waals surface area (Å²) in [6.07, 6.45) is 6.55. The van der Waals surface area contributed by atoms with Crippen LogP contribution < -0.4 is 10.2 Å². The molecule has 1 fully saturated rings. The molecule has 0 spiro atoms. The van der Waals surface area contributed by atoms with Gasteiger partial charge in [0.15, 0.2) is 0 Å². The third-order valence-corrected chi connectivity index (χ3v) is 10.8. The average molecular weight is 425 g/mol. The first-order valence-corrected chi connectivity index (χ1v) is 18.6. The van der Waals surface area contributed by atoms with Crippen molar-refractivity contribution in [3.05, 3.63) is 12.4 Å². The first-order valence-electron chi connectivity index (χ1n) is 8.43. The van der Waals surface area contributed by atoms with E-state index >= 15 is 0 Å². The fourth-order valence-corrected chi connectivity index (χ4v) is 7.42. The molecule has 0 saturated carbocycles. The van der Waals surface area contributed by atoms with Gasteiger partial charge in [-0.2, -0.15) is 0 Å². The minimum absolute atomic E-state index is 0.0665. The molecule has 1 N–H and O–H groups in total. The Bertz CT molecular complexity index is 569. The van der Waals surface area contributed by atoms with Crippen molar-refractivity contribution in [1.82, 2.24) is 9.97 Å². The zero-order valence-electron chi connectivity index (χ0n) is 14.2. The molecular weight excluding hydrogens is 399 g/mol. The number of anilines is 2. The summed E-state index contributed by atoms with van der Waals surface area (Å²) >= 11 is -2.46. The van der Waals surface area contributed by atoms with E-state index in [0.717, 1.165) is 44.8 Å². The summed E-state index contributed by atoms with van der Waals surface area (Å²) in [6, 6.07) is 0. The van der Waals surface area contributed by atoms with Gasteiger partial charge in [0.2, 0.25) is 0 Å². The molecule has 0 aromatic carbocycles. The second-order valence-electron chi connectivity index (χ2n) is 7.51. The van der Waals surface area contributed by atoms with Crippen molar-refractivity contribution in [2.75, 3.05) is 30.0 Å². The van der Waals surface area contributed by atoms with E-state index in [0.29, 0.717) is 11.7 Å². The SMILES string of the molecule is [CH3][Sn]([CH3])([CH3])[CH]1Nc2nccnc2N(CCC2CCOCC2)C1=O. The Morgan fingerprint density at radius 3 is 2.65 bits per heavy atom. The fourth-order valence-electron chi connectivity index (χ4n) is 3.24. The van der Waals surface area contributed by atoms with Gasteiger partial charge in [0, 0.05) is 0 Å². The Hall–Kier alpha value is -0.891. The van der Waals surface area contributed by atoms with Crippen molar-refractivity contribution in [2.45, 2.75) is 38.1 Å². The number of carbonyl (C=O) groups excluding carboxylic acids is 1. The van der Waals surface area contributed by atoms with Gasteiger partial charge >= 0.3 is 142 Å². The third kappa shape index (κ3) is 3.79. The van der Waals surface area contributed by atoms with Crippen LogP contribution in [0.4, 0.5) is 11.6 Å². The van der Waals surface area contributed by atoms with Gasteiger partial charge in [-0.05, 0) is 0 Å². The number of hydrogen-bond acceptors (Lipinski definition) is 5. The van der Waals surface area contributed by atoms with Gasteiger partial charge in [-0.1, -0.05) is 0 Å². The number of nitrogens with zero attached hydrogens (tertiary/aromatic N) is 3. The molecule has 0 bridgehead atoms. The summed E-state index contributed by atoms with van der Waals surface area (Å²) in [7, 11) is 0. The molecule has 2 aliphatic heterocycles. The molecule has 1 atom stereocenters. The van der Waals surface area contributed by atoms with Crippen LogP contribution in [-0.2, 0) is 9.53 Å². The molecule has 2 aliphatic rings. The van der Waals surface area contributed by atoms with E-state index in [1.165, 1.54) is 0 Å². The number of ether oxygens (including phenoxy) is 1. The summed E-state index contributed by atoms with van der Waals surface area (Å²) in [5.74, 6) is 2.28. The van der Waals surface area contributed by atoms with Crippen LogP contribution in [0.15, 0.2) is 12.4 Å². The number of aromatic nitrogens is 2. The summed E-state index contributed by atoms with van der Waals surface area (Å²) in [5, 5.41) is 3.36. The van der Waals surface area contributed by atoms with Gasteiger partial charge in [0.1, 0.15) is 0 Å². The van der Waals surface area contributed by atoms with Crippen molar-refractivity contribution in [3.63, 3.8) is 0 Å². The zero-order chi connectivity index (χ0) is 16.4. The van der Waals surface area contributed by atoms with Crippen LogP contribution in [0.25, 0.3) is 0 Å². The van der Waals surface area contributed by atoms with Crippen molar-refractivity contribution < 1.29 is 9.53 Å². The standard InChI is InChI=1S/C13H17N4O2.3CH3.Sn/c18-11-9-16-12-13(15-5-4-14-12)17(11)6-1-10-2-7-19-8-3-10;;;;/h4-5,9-10H,1-3,6-8H2,(H,14,16);3*1H3;. The normalized spacial score (nSPS) is 22.7. The van der Waals surface area contributed by atoms with Gasteiger partial charge in [-0.25, -0.2) is 0 Å². The van der Waals surface area contributed by atoms with Crippen LogP contribution in [0.3, 0.4) is 0 Å². The van der Waals surface area contributed by atoms with E-state index in [4.69, 9.17) is 4.74 Å². The third-order valence-electron chi connectivity index (χ3n) is 4.70. The molecule has 3 rings (SSSR count). The van der Waals surface area contributed by atoms with Crippen LogP contribution in [0.5, 0.6) is 0 Å². The molecule has 1 aromatic rings. The van der Waals surface area contributed by atoms with Crippen LogP contribution >= 0.6 is 0 Å². The number of rotatable bonds is 4.